The Morgan fingerprint density at radius 2 is 1.42 bits per heavy atom. The maximum atomic E-state index is 3.90. The van der Waals surface area contributed by atoms with Crippen LogP contribution in [-0.2, 0) is 0 Å². The third-order valence-corrected chi connectivity index (χ3v) is 7.77. The molecule has 0 spiro atoms. The molecule has 10 unspecified atom stereocenters. The normalized spacial score (nSPS) is 68.2. The lowest BCUT2D eigenvalue weighted by Crippen LogP contribution is -2.41. The van der Waals surface area contributed by atoms with Gasteiger partial charge in [-0.15, -0.1) is 0 Å². The van der Waals surface area contributed by atoms with Crippen LogP contribution < -0.4 is 16.0 Å². The molecular weight excluding hydrogens is 234 g/mol. The molecule has 3 heteroatoms. The standard InChI is InChI=1S/C16H25N3/c1-2-8-7(1)5-18-14(8)11-10-6-19-16(12(10)11)13-9-3-4-17-15(9)13/h7-19H,1-6H2. The van der Waals surface area contributed by atoms with Crippen molar-refractivity contribution in [2.24, 2.45) is 41.4 Å². The molecule has 3 saturated carbocycles. The fourth-order valence-corrected chi connectivity index (χ4v) is 6.66. The minimum absolute atomic E-state index is 0.874. The van der Waals surface area contributed by atoms with Crippen LogP contribution in [-0.4, -0.2) is 37.8 Å². The van der Waals surface area contributed by atoms with Crippen LogP contribution in [0.1, 0.15) is 19.3 Å². The van der Waals surface area contributed by atoms with E-state index in [0.29, 0.717) is 0 Å². The fraction of sp³-hybridized carbons (Fsp3) is 1.00. The smallest absolute Gasteiger partial charge is 0.0148 e. The Kier molecular flexibility index (Phi) is 1.88. The summed E-state index contributed by atoms with van der Waals surface area (Å²) in [6.07, 6.45) is 4.48. The van der Waals surface area contributed by atoms with Gasteiger partial charge in [-0.2, -0.15) is 0 Å². The molecule has 3 N–H and O–H groups in total. The average Bonchev–Trinajstić information content (AvgIpc) is 3.03. The Bertz CT molecular complexity index is 414. The molecule has 0 radical (unpaired) electrons. The van der Waals surface area contributed by atoms with Crippen LogP contribution >= 0.6 is 0 Å². The molecule has 0 bridgehead atoms. The summed E-state index contributed by atoms with van der Waals surface area (Å²) >= 11 is 0. The molecule has 6 fully saturated rings. The summed E-state index contributed by atoms with van der Waals surface area (Å²) in [6.45, 7) is 3.94. The van der Waals surface area contributed by atoms with Gasteiger partial charge in [0.1, 0.15) is 0 Å². The maximum absolute atomic E-state index is 3.90. The molecule has 3 aliphatic heterocycles. The van der Waals surface area contributed by atoms with E-state index in [2.05, 4.69) is 16.0 Å². The van der Waals surface area contributed by atoms with Crippen molar-refractivity contribution >= 4 is 0 Å². The predicted molar refractivity (Wildman–Crippen MR) is 73.7 cm³/mol. The summed E-state index contributed by atoms with van der Waals surface area (Å²) in [5.41, 5.74) is 0. The van der Waals surface area contributed by atoms with E-state index in [0.717, 1.165) is 59.6 Å². The molecule has 3 aliphatic carbocycles. The summed E-state index contributed by atoms with van der Waals surface area (Å²) < 4.78 is 0. The molecule has 6 aliphatic rings. The molecule has 0 aromatic rings. The largest absolute Gasteiger partial charge is 0.313 e. The van der Waals surface area contributed by atoms with E-state index < -0.39 is 0 Å². The van der Waals surface area contributed by atoms with Gasteiger partial charge in [0.25, 0.3) is 0 Å². The van der Waals surface area contributed by atoms with Crippen LogP contribution in [0.3, 0.4) is 0 Å². The van der Waals surface area contributed by atoms with Crippen LogP contribution in [0.2, 0.25) is 0 Å². The first-order valence-corrected chi connectivity index (χ1v) is 8.63. The zero-order valence-electron chi connectivity index (χ0n) is 11.5. The van der Waals surface area contributed by atoms with Crippen molar-refractivity contribution in [3.05, 3.63) is 0 Å². The lowest BCUT2D eigenvalue weighted by atomic mass is 9.71. The minimum atomic E-state index is 0.874. The minimum Gasteiger partial charge on any atom is -0.313 e. The predicted octanol–water partition coefficient (Wildman–Crippen LogP) is 0.426. The fourth-order valence-electron chi connectivity index (χ4n) is 6.66. The van der Waals surface area contributed by atoms with E-state index in [4.69, 9.17) is 0 Å². The zero-order chi connectivity index (χ0) is 12.1. The van der Waals surface area contributed by atoms with Crippen molar-refractivity contribution in [2.75, 3.05) is 19.6 Å². The second-order valence-corrected chi connectivity index (χ2v) is 8.20. The number of hydrogen-bond acceptors (Lipinski definition) is 3. The van der Waals surface area contributed by atoms with E-state index in [1.54, 1.807) is 0 Å². The molecule has 3 nitrogen and oxygen atoms in total. The first kappa shape index (κ1) is 10.6. The van der Waals surface area contributed by atoms with Gasteiger partial charge in [-0.05, 0) is 80.3 Å². The molecule has 0 aromatic carbocycles. The second-order valence-electron chi connectivity index (χ2n) is 8.20. The van der Waals surface area contributed by atoms with Gasteiger partial charge in [-0.1, -0.05) is 0 Å². The van der Waals surface area contributed by atoms with E-state index in [9.17, 15) is 0 Å². The van der Waals surface area contributed by atoms with Crippen LogP contribution in [0.5, 0.6) is 0 Å². The van der Waals surface area contributed by atoms with Crippen LogP contribution in [0, 0.1) is 41.4 Å². The lowest BCUT2D eigenvalue weighted by molar-refractivity contribution is 0.186. The van der Waals surface area contributed by atoms with Gasteiger partial charge in [-0.25, -0.2) is 0 Å². The van der Waals surface area contributed by atoms with Gasteiger partial charge in [0.2, 0.25) is 0 Å². The van der Waals surface area contributed by atoms with Crippen molar-refractivity contribution in [2.45, 2.75) is 37.4 Å². The summed E-state index contributed by atoms with van der Waals surface area (Å²) in [5.74, 6) is 7.26. The van der Waals surface area contributed by atoms with Gasteiger partial charge in [0.15, 0.2) is 0 Å². The molecular formula is C16H25N3. The molecule has 3 saturated heterocycles. The highest BCUT2D eigenvalue weighted by Crippen LogP contribution is 2.63. The summed E-state index contributed by atoms with van der Waals surface area (Å²) in [6, 6.07) is 2.68. The van der Waals surface area contributed by atoms with Gasteiger partial charge in [-0.3, -0.25) is 0 Å². The lowest BCUT2D eigenvalue weighted by Gasteiger charge is -2.34. The number of hydrogen-bond donors (Lipinski definition) is 3. The highest BCUT2D eigenvalue weighted by Gasteiger charge is 2.69. The number of rotatable bonds is 2. The molecule has 3 heterocycles. The Hall–Kier alpha value is -0.120. The maximum Gasteiger partial charge on any atom is 0.0148 e. The molecule has 0 aromatic heterocycles. The first-order chi connectivity index (χ1) is 9.43. The SMILES string of the molecule is C1CC2C(N1)C2C1NCC2C(C3NCC4CCC43)C21. The Morgan fingerprint density at radius 3 is 2.16 bits per heavy atom. The van der Waals surface area contributed by atoms with E-state index >= 15 is 0 Å². The Labute approximate surface area is 115 Å². The number of nitrogens with one attached hydrogen (secondary N) is 3. The van der Waals surface area contributed by atoms with Crippen molar-refractivity contribution in [3.63, 3.8) is 0 Å². The van der Waals surface area contributed by atoms with Gasteiger partial charge >= 0.3 is 0 Å². The molecule has 19 heavy (non-hydrogen) atoms. The van der Waals surface area contributed by atoms with Crippen molar-refractivity contribution in [1.29, 1.82) is 0 Å². The monoisotopic (exact) mass is 259 g/mol. The highest BCUT2D eigenvalue weighted by molar-refractivity contribution is 5.23. The van der Waals surface area contributed by atoms with Crippen LogP contribution in [0.25, 0.3) is 0 Å². The van der Waals surface area contributed by atoms with Crippen molar-refractivity contribution in [3.8, 4) is 0 Å². The molecule has 104 valence electrons. The van der Waals surface area contributed by atoms with E-state index in [-0.39, 0.29) is 0 Å². The van der Waals surface area contributed by atoms with E-state index in [1.165, 1.54) is 38.9 Å². The summed E-state index contributed by atoms with van der Waals surface area (Å²) in [5, 5.41) is 11.5. The summed E-state index contributed by atoms with van der Waals surface area (Å²) in [4.78, 5) is 0. The molecule has 6 rings (SSSR count). The summed E-state index contributed by atoms with van der Waals surface area (Å²) in [7, 11) is 0. The third kappa shape index (κ3) is 1.22. The zero-order valence-corrected chi connectivity index (χ0v) is 11.5. The Morgan fingerprint density at radius 1 is 0.579 bits per heavy atom. The van der Waals surface area contributed by atoms with Gasteiger partial charge in [0, 0.05) is 18.1 Å². The molecule has 0 amide bonds. The van der Waals surface area contributed by atoms with Crippen molar-refractivity contribution in [1.82, 2.24) is 16.0 Å². The second kappa shape index (κ2) is 3.37. The van der Waals surface area contributed by atoms with Crippen molar-refractivity contribution < 1.29 is 0 Å². The molecule has 10 atom stereocenters. The average molecular weight is 259 g/mol. The quantitative estimate of drug-likeness (QED) is 0.673. The highest BCUT2D eigenvalue weighted by atomic mass is 15.1. The van der Waals surface area contributed by atoms with E-state index in [1.807, 2.05) is 0 Å². The van der Waals surface area contributed by atoms with Crippen LogP contribution in [0.15, 0.2) is 0 Å². The number of piperidine rings is 2. The van der Waals surface area contributed by atoms with Gasteiger partial charge in [0.05, 0.1) is 0 Å². The topological polar surface area (TPSA) is 36.1 Å². The van der Waals surface area contributed by atoms with Gasteiger partial charge < -0.3 is 16.0 Å². The Balaban J connectivity index is 1.20. The van der Waals surface area contributed by atoms with Crippen LogP contribution in [0.4, 0.5) is 0 Å². The first-order valence-electron chi connectivity index (χ1n) is 8.63. The third-order valence-electron chi connectivity index (χ3n) is 7.77. The number of fused-ring (bicyclic) bond motifs is 3.